The van der Waals surface area contributed by atoms with E-state index in [-0.39, 0.29) is 0 Å². The monoisotopic (exact) mass is 134 g/mol. The molecule has 0 radical (unpaired) electrons. The van der Waals surface area contributed by atoms with E-state index >= 15 is 0 Å². The van der Waals surface area contributed by atoms with E-state index in [1.165, 1.54) is 0 Å². The summed E-state index contributed by atoms with van der Waals surface area (Å²) >= 11 is 0. The fourth-order valence-corrected chi connectivity index (χ4v) is 0.609. The molecule has 0 saturated carbocycles. The Bertz CT molecular complexity index is 145. The second-order valence-corrected chi connectivity index (χ2v) is 1.88. The zero-order chi connectivity index (χ0) is 7.07. The molecule has 0 aromatic carbocycles. The van der Waals surface area contributed by atoms with E-state index < -0.39 is 0 Å². The Morgan fingerprint density at radius 3 is 1.40 bits per heavy atom. The smallest absolute Gasteiger partial charge is 0.0573 e. The minimum atomic E-state index is 0.889. The molecule has 52 valence electrons. The summed E-state index contributed by atoms with van der Waals surface area (Å²) in [6.45, 7) is 1.78. The highest BCUT2D eigenvalue weighted by Gasteiger charge is 1.73. The topological polar surface area (TPSA) is 24.7 Å². The van der Waals surface area contributed by atoms with Crippen LogP contribution in [0.3, 0.4) is 0 Å². The third-order valence-electron chi connectivity index (χ3n) is 1.08. The first-order chi connectivity index (χ1) is 5.00. The predicted octanol–water partition coefficient (Wildman–Crippen LogP) is 1.25. The predicted molar refractivity (Wildman–Crippen MR) is 45.0 cm³/mol. The van der Waals surface area contributed by atoms with Gasteiger partial charge in [0.05, 0.1) is 13.1 Å². The minimum Gasteiger partial charge on any atom is -0.289 e. The van der Waals surface area contributed by atoms with Crippen molar-refractivity contribution >= 4 is 12.4 Å². The van der Waals surface area contributed by atoms with Gasteiger partial charge in [0.25, 0.3) is 0 Å². The average molecular weight is 134 g/mol. The second-order valence-electron chi connectivity index (χ2n) is 1.88. The summed E-state index contributed by atoms with van der Waals surface area (Å²) in [7, 11) is 0. The molecule has 2 aliphatic rings. The van der Waals surface area contributed by atoms with Gasteiger partial charge in [-0.05, 0) is 12.2 Å². The summed E-state index contributed by atoms with van der Waals surface area (Å²) < 4.78 is 0. The van der Waals surface area contributed by atoms with E-state index in [1.807, 2.05) is 24.3 Å². The molecule has 0 aliphatic carbocycles. The van der Waals surface area contributed by atoms with Crippen LogP contribution in [0, 0.1) is 0 Å². The summed E-state index contributed by atoms with van der Waals surface area (Å²) in [5.41, 5.74) is 0. The standard InChI is InChI=1S/2C4H5N/c2*1-2-4-5-3-1/h2*1-3H,4H2. The molecule has 10 heavy (non-hydrogen) atoms. The molecule has 2 rings (SSSR count). The molecule has 0 fully saturated rings. The van der Waals surface area contributed by atoms with E-state index in [0.29, 0.717) is 0 Å². The summed E-state index contributed by atoms with van der Waals surface area (Å²) in [4.78, 5) is 7.69. The van der Waals surface area contributed by atoms with Gasteiger partial charge in [0, 0.05) is 12.4 Å². The molecule has 0 N–H and O–H groups in total. The molecular formula is C8H10N2. The normalized spacial score (nSPS) is 17.6. The zero-order valence-corrected chi connectivity index (χ0v) is 5.77. The van der Waals surface area contributed by atoms with Gasteiger partial charge < -0.3 is 0 Å². The van der Waals surface area contributed by atoms with Gasteiger partial charge in [0.2, 0.25) is 0 Å². The van der Waals surface area contributed by atoms with Crippen LogP contribution in [0.4, 0.5) is 0 Å². The van der Waals surface area contributed by atoms with Gasteiger partial charge in [-0.2, -0.15) is 0 Å². The van der Waals surface area contributed by atoms with Gasteiger partial charge in [0.15, 0.2) is 0 Å². The molecule has 0 aromatic heterocycles. The van der Waals surface area contributed by atoms with Crippen molar-refractivity contribution in [3.8, 4) is 0 Å². The number of nitrogens with zero attached hydrogens (tertiary/aromatic N) is 2. The molecule has 0 amide bonds. The maximum Gasteiger partial charge on any atom is 0.0573 e. The Morgan fingerprint density at radius 1 is 0.800 bits per heavy atom. The molecule has 0 spiro atoms. The van der Waals surface area contributed by atoms with Crippen LogP contribution in [0.25, 0.3) is 0 Å². The highest BCUT2D eigenvalue weighted by atomic mass is 14.7. The number of hydrogen-bond donors (Lipinski definition) is 0. The first kappa shape index (κ1) is 6.93. The van der Waals surface area contributed by atoms with E-state index in [0.717, 1.165) is 13.1 Å². The summed E-state index contributed by atoms with van der Waals surface area (Å²) in [6, 6.07) is 0. The maximum atomic E-state index is 3.85. The van der Waals surface area contributed by atoms with Crippen LogP contribution in [0.2, 0.25) is 0 Å². The van der Waals surface area contributed by atoms with Gasteiger partial charge >= 0.3 is 0 Å². The van der Waals surface area contributed by atoms with Crippen LogP contribution in [0.5, 0.6) is 0 Å². The van der Waals surface area contributed by atoms with Crippen LogP contribution in [-0.4, -0.2) is 25.5 Å². The van der Waals surface area contributed by atoms with Crippen molar-refractivity contribution in [1.29, 1.82) is 0 Å². The largest absolute Gasteiger partial charge is 0.289 e. The third-order valence-corrected chi connectivity index (χ3v) is 1.08. The van der Waals surface area contributed by atoms with Crippen LogP contribution >= 0.6 is 0 Å². The molecule has 0 bridgehead atoms. The lowest BCUT2D eigenvalue weighted by molar-refractivity contribution is 1.29. The van der Waals surface area contributed by atoms with Crippen molar-refractivity contribution in [1.82, 2.24) is 0 Å². The Morgan fingerprint density at radius 2 is 1.30 bits per heavy atom. The van der Waals surface area contributed by atoms with E-state index in [4.69, 9.17) is 0 Å². The lowest BCUT2D eigenvalue weighted by atomic mass is 10.6. The Kier molecular flexibility index (Phi) is 3.24. The molecular weight excluding hydrogens is 124 g/mol. The Hall–Kier alpha value is -1.18. The molecule has 2 nitrogen and oxygen atoms in total. The number of aliphatic imine (C=N–C) groups is 2. The van der Waals surface area contributed by atoms with Crippen LogP contribution in [-0.2, 0) is 0 Å². The highest BCUT2D eigenvalue weighted by Crippen LogP contribution is 1.79. The van der Waals surface area contributed by atoms with Gasteiger partial charge in [-0.25, -0.2) is 0 Å². The second kappa shape index (κ2) is 4.68. The van der Waals surface area contributed by atoms with Crippen LogP contribution in [0.15, 0.2) is 34.3 Å². The number of allylic oxidation sites excluding steroid dienone is 2. The molecule has 0 aromatic rings. The zero-order valence-electron chi connectivity index (χ0n) is 5.77. The number of hydrogen-bond acceptors (Lipinski definition) is 2. The van der Waals surface area contributed by atoms with E-state index in [2.05, 4.69) is 9.98 Å². The Balaban J connectivity index is 0.0000001000. The van der Waals surface area contributed by atoms with Crippen molar-refractivity contribution in [3.63, 3.8) is 0 Å². The molecule has 0 unspecified atom stereocenters. The van der Waals surface area contributed by atoms with Crippen molar-refractivity contribution in [2.24, 2.45) is 9.98 Å². The van der Waals surface area contributed by atoms with Gasteiger partial charge in [0.1, 0.15) is 0 Å². The van der Waals surface area contributed by atoms with Crippen molar-refractivity contribution in [3.05, 3.63) is 24.3 Å². The third kappa shape index (κ3) is 2.97. The summed E-state index contributed by atoms with van der Waals surface area (Å²) in [5, 5.41) is 0. The van der Waals surface area contributed by atoms with E-state index in [1.54, 1.807) is 12.4 Å². The van der Waals surface area contributed by atoms with Gasteiger partial charge in [-0.1, -0.05) is 12.2 Å². The minimum absolute atomic E-state index is 0.889. The van der Waals surface area contributed by atoms with Crippen LogP contribution < -0.4 is 0 Å². The van der Waals surface area contributed by atoms with Crippen molar-refractivity contribution in [2.75, 3.05) is 13.1 Å². The lowest BCUT2D eigenvalue weighted by Crippen LogP contribution is -1.54. The van der Waals surface area contributed by atoms with Gasteiger partial charge in [-0.15, -0.1) is 0 Å². The van der Waals surface area contributed by atoms with Crippen molar-refractivity contribution in [2.45, 2.75) is 0 Å². The molecule has 2 heterocycles. The summed E-state index contributed by atoms with van der Waals surface area (Å²) in [6.07, 6.45) is 11.5. The first-order valence-electron chi connectivity index (χ1n) is 3.30. The SMILES string of the molecule is C1=CCN=C1.C1=CCN=C1. The maximum absolute atomic E-state index is 3.85. The van der Waals surface area contributed by atoms with Crippen LogP contribution in [0.1, 0.15) is 0 Å². The first-order valence-corrected chi connectivity index (χ1v) is 3.30. The highest BCUT2D eigenvalue weighted by molar-refractivity contribution is 5.73. The van der Waals surface area contributed by atoms with Crippen molar-refractivity contribution < 1.29 is 0 Å². The number of rotatable bonds is 0. The van der Waals surface area contributed by atoms with E-state index in [9.17, 15) is 0 Å². The quantitative estimate of drug-likeness (QED) is 0.476. The molecule has 0 saturated heterocycles. The average Bonchev–Trinajstić information content (AvgIpc) is 2.67. The fourth-order valence-electron chi connectivity index (χ4n) is 0.609. The molecule has 0 atom stereocenters. The lowest BCUT2D eigenvalue weighted by Gasteiger charge is -1.60. The molecule has 2 aliphatic heterocycles. The molecule has 2 heteroatoms. The Labute approximate surface area is 60.7 Å². The summed E-state index contributed by atoms with van der Waals surface area (Å²) in [5.74, 6) is 0. The van der Waals surface area contributed by atoms with Gasteiger partial charge in [-0.3, -0.25) is 9.98 Å². The fraction of sp³-hybridized carbons (Fsp3) is 0.250.